The maximum Gasteiger partial charge on any atom is 0.194 e. The molecule has 0 aliphatic heterocycles. The quantitative estimate of drug-likeness (QED) is 0.884. The number of thiazole rings is 1. The molecule has 0 bridgehead atoms. The fourth-order valence-electron chi connectivity index (χ4n) is 2.63. The Balaban J connectivity index is 2.03. The zero-order valence-electron chi connectivity index (χ0n) is 9.95. The molecule has 0 amide bonds. The molecule has 2 aromatic heterocycles. The minimum atomic E-state index is 0.718. The molecule has 0 saturated heterocycles. The summed E-state index contributed by atoms with van der Waals surface area (Å²) in [5.41, 5.74) is 4.00. The largest absolute Gasteiger partial charge is 0.319 e. The fourth-order valence-corrected chi connectivity index (χ4v) is 3.55. The zero-order chi connectivity index (χ0) is 11.3. The van der Waals surface area contributed by atoms with E-state index in [0.717, 1.165) is 23.3 Å². The molecule has 86 valence electrons. The van der Waals surface area contributed by atoms with E-state index in [2.05, 4.69) is 33.9 Å². The van der Waals surface area contributed by atoms with Gasteiger partial charge in [0.2, 0.25) is 0 Å². The molecular formula is C12H17N3S. The van der Waals surface area contributed by atoms with Crippen molar-refractivity contribution in [3.8, 4) is 0 Å². The summed E-state index contributed by atoms with van der Waals surface area (Å²) < 4.78 is 2.35. The smallest absolute Gasteiger partial charge is 0.194 e. The van der Waals surface area contributed by atoms with E-state index in [1.54, 1.807) is 11.3 Å². The Morgan fingerprint density at radius 3 is 3.12 bits per heavy atom. The number of aryl methyl sites for hydroxylation is 2. The minimum absolute atomic E-state index is 0.718. The molecule has 1 aliphatic rings. The molecule has 16 heavy (non-hydrogen) atoms. The predicted octanol–water partition coefficient (Wildman–Crippen LogP) is 2.34. The van der Waals surface area contributed by atoms with Crippen molar-refractivity contribution >= 4 is 16.3 Å². The van der Waals surface area contributed by atoms with Crippen LogP contribution >= 0.6 is 11.3 Å². The monoisotopic (exact) mass is 235 g/mol. The number of nitrogens with one attached hydrogen (secondary N) is 1. The molecule has 3 nitrogen and oxygen atoms in total. The molecule has 2 unspecified atom stereocenters. The highest BCUT2D eigenvalue weighted by molar-refractivity contribution is 7.15. The fraction of sp³-hybridized carbons (Fsp3) is 0.583. The molecule has 4 heteroatoms. The molecule has 3 rings (SSSR count). The van der Waals surface area contributed by atoms with Crippen LogP contribution in [0.5, 0.6) is 0 Å². The number of aromatic nitrogens is 2. The van der Waals surface area contributed by atoms with E-state index in [4.69, 9.17) is 0 Å². The summed E-state index contributed by atoms with van der Waals surface area (Å²) >= 11 is 1.74. The van der Waals surface area contributed by atoms with Crippen LogP contribution in [-0.2, 0) is 0 Å². The van der Waals surface area contributed by atoms with E-state index in [9.17, 15) is 0 Å². The molecule has 2 aromatic rings. The number of fused-ring (bicyclic) bond motifs is 1. The number of nitrogens with zero attached hydrogens (tertiary/aromatic N) is 2. The van der Waals surface area contributed by atoms with Crippen LogP contribution in [0.4, 0.5) is 0 Å². The number of rotatable bonds is 3. The zero-order valence-corrected chi connectivity index (χ0v) is 10.8. The third-order valence-electron chi connectivity index (χ3n) is 3.49. The Kier molecular flexibility index (Phi) is 2.30. The molecule has 2 atom stereocenters. The molecule has 0 radical (unpaired) electrons. The molecule has 1 N–H and O–H groups in total. The van der Waals surface area contributed by atoms with Crippen LogP contribution in [-0.4, -0.2) is 23.0 Å². The highest BCUT2D eigenvalue weighted by Crippen LogP contribution is 2.48. The molecule has 0 aromatic carbocycles. The summed E-state index contributed by atoms with van der Waals surface area (Å²) in [6.45, 7) is 5.44. The summed E-state index contributed by atoms with van der Waals surface area (Å²) in [6, 6.07) is 0. The SMILES string of the molecule is CNCC1CC1c1c(C)nc2scc(C)n12. The van der Waals surface area contributed by atoms with Crippen LogP contribution in [0, 0.1) is 19.8 Å². The van der Waals surface area contributed by atoms with E-state index in [1.807, 2.05) is 7.05 Å². The maximum atomic E-state index is 4.65. The van der Waals surface area contributed by atoms with Gasteiger partial charge in [0.05, 0.1) is 5.69 Å². The standard InChI is InChI=1S/C12H17N3S/c1-7-6-16-12-14-8(2)11(15(7)12)10-4-9(10)5-13-3/h6,9-10,13H,4-5H2,1-3H3. The lowest BCUT2D eigenvalue weighted by Gasteiger charge is -2.02. The molecule has 1 aliphatic carbocycles. The van der Waals surface area contributed by atoms with Gasteiger partial charge in [0.15, 0.2) is 4.96 Å². The van der Waals surface area contributed by atoms with Crippen molar-refractivity contribution in [2.75, 3.05) is 13.6 Å². The second-order valence-corrected chi connectivity index (χ2v) is 5.57. The van der Waals surface area contributed by atoms with Crippen molar-refractivity contribution in [1.82, 2.24) is 14.7 Å². The first kappa shape index (κ1) is 10.3. The average Bonchev–Trinajstić information content (AvgIpc) is 2.78. The average molecular weight is 235 g/mol. The van der Waals surface area contributed by atoms with E-state index in [-0.39, 0.29) is 0 Å². The van der Waals surface area contributed by atoms with Crippen molar-refractivity contribution in [2.24, 2.45) is 5.92 Å². The molecule has 2 heterocycles. The Labute approximate surface area is 99.5 Å². The van der Waals surface area contributed by atoms with Crippen LogP contribution in [0.15, 0.2) is 5.38 Å². The summed E-state index contributed by atoms with van der Waals surface area (Å²) in [4.78, 5) is 5.80. The minimum Gasteiger partial charge on any atom is -0.319 e. The van der Waals surface area contributed by atoms with Gasteiger partial charge in [0.1, 0.15) is 0 Å². The summed E-state index contributed by atoms with van der Waals surface area (Å²) in [5.74, 6) is 1.53. The highest BCUT2D eigenvalue weighted by Gasteiger charge is 2.41. The van der Waals surface area contributed by atoms with E-state index in [0.29, 0.717) is 0 Å². The van der Waals surface area contributed by atoms with Gasteiger partial charge in [-0.1, -0.05) is 0 Å². The molecular weight excluding hydrogens is 218 g/mol. The third kappa shape index (κ3) is 1.40. The van der Waals surface area contributed by atoms with Crippen LogP contribution in [0.2, 0.25) is 0 Å². The lowest BCUT2D eigenvalue weighted by atomic mass is 10.2. The summed E-state index contributed by atoms with van der Waals surface area (Å²) in [6.07, 6.45) is 1.31. The molecule has 0 spiro atoms. The topological polar surface area (TPSA) is 29.3 Å². The van der Waals surface area contributed by atoms with Gasteiger partial charge in [0, 0.05) is 22.7 Å². The Morgan fingerprint density at radius 2 is 2.38 bits per heavy atom. The lowest BCUT2D eigenvalue weighted by Crippen LogP contribution is -2.10. The van der Waals surface area contributed by atoms with Gasteiger partial charge in [-0.2, -0.15) is 0 Å². The van der Waals surface area contributed by atoms with E-state index in [1.165, 1.54) is 23.5 Å². The van der Waals surface area contributed by atoms with E-state index >= 15 is 0 Å². The van der Waals surface area contributed by atoms with Gasteiger partial charge < -0.3 is 5.32 Å². The van der Waals surface area contributed by atoms with Crippen molar-refractivity contribution in [3.05, 3.63) is 22.5 Å². The Hall–Kier alpha value is -0.870. The van der Waals surface area contributed by atoms with Gasteiger partial charge in [-0.15, -0.1) is 11.3 Å². The Bertz CT molecular complexity index is 526. The van der Waals surface area contributed by atoms with Gasteiger partial charge in [-0.3, -0.25) is 4.40 Å². The number of imidazole rings is 1. The molecule has 1 saturated carbocycles. The first-order valence-electron chi connectivity index (χ1n) is 5.80. The van der Waals surface area contributed by atoms with Crippen LogP contribution in [0.1, 0.15) is 29.4 Å². The normalized spacial score (nSPS) is 24.2. The third-order valence-corrected chi connectivity index (χ3v) is 4.44. The van der Waals surface area contributed by atoms with Gasteiger partial charge >= 0.3 is 0 Å². The summed E-state index contributed by atoms with van der Waals surface area (Å²) in [7, 11) is 2.03. The van der Waals surface area contributed by atoms with Crippen LogP contribution in [0.3, 0.4) is 0 Å². The van der Waals surface area contributed by atoms with Crippen molar-refractivity contribution in [2.45, 2.75) is 26.2 Å². The van der Waals surface area contributed by atoms with Crippen molar-refractivity contribution in [1.29, 1.82) is 0 Å². The Morgan fingerprint density at radius 1 is 1.56 bits per heavy atom. The summed E-state index contributed by atoms with van der Waals surface area (Å²) in [5, 5.41) is 5.47. The van der Waals surface area contributed by atoms with Crippen LogP contribution in [0.25, 0.3) is 4.96 Å². The number of hydrogen-bond acceptors (Lipinski definition) is 3. The van der Waals surface area contributed by atoms with E-state index < -0.39 is 0 Å². The van der Waals surface area contributed by atoms with Crippen LogP contribution < -0.4 is 5.32 Å². The van der Waals surface area contributed by atoms with Gasteiger partial charge in [-0.05, 0) is 39.8 Å². The second-order valence-electron chi connectivity index (χ2n) is 4.74. The maximum absolute atomic E-state index is 4.65. The first-order chi connectivity index (χ1) is 7.72. The first-order valence-corrected chi connectivity index (χ1v) is 6.68. The molecule has 1 fully saturated rings. The highest BCUT2D eigenvalue weighted by atomic mass is 32.1. The lowest BCUT2D eigenvalue weighted by molar-refractivity contribution is 0.690. The van der Waals surface area contributed by atoms with Gasteiger partial charge in [0.25, 0.3) is 0 Å². The van der Waals surface area contributed by atoms with Crippen molar-refractivity contribution in [3.63, 3.8) is 0 Å². The van der Waals surface area contributed by atoms with Crippen molar-refractivity contribution < 1.29 is 0 Å². The predicted molar refractivity (Wildman–Crippen MR) is 67.3 cm³/mol. The second kappa shape index (κ2) is 3.57. The van der Waals surface area contributed by atoms with Gasteiger partial charge in [-0.25, -0.2) is 4.98 Å². The number of hydrogen-bond donors (Lipinski definition) is 1.